The van der Waals surface area contributed by atoms with Crippen LogP contribution in [-0.4, -0.2) is 26.4 Å². The molecule has 96 valence electrons. The Hall–Kier alpha value is -1.27. The summed E-state index contributed by atoms with van der Waals surface area (Å²) in [6, 6.07) is 2.17. The van der Waals surface area contributed by atoms with Crippen LogP contribution in [0.15, 0.2) is 23.6 Å². The number of nitrogens with zero attached hydrogens (tertiary/aromatic N) is 2. The second-order valence-corrected chi connectivity index (χ2v) is 6.26. The van der Waals surface area contributed by atoms with E-state index in [9.17, 15) is 4.79 Å². The van der Waals surface area contributed by atoms with Crippen LogP contribution in [0.1, 0.15) is 15.3 Å². The normalized spacial score (nSPS) is 10.8. The molecule has 0 aliphatic heterocycles. The molecule has 0 aromatic carbocycles. The van der Waals surface area contributed by atoms with Gasteiger partial charge in [-0.05, 0) is 25.5 Å². The fraction of sp³-hybridized carbons (Fsp3) is 0.333. The van der Waals surface area contributed by atoms with Gasteiger partial charge in [0.2, 0.25) is 0 Å². The molecule has 0 saturated carbocycles. The molecule has 4 nitrogen and oxygen atoms in total. The Balaban J connectivity index is 2.09. The van der Waals surface area contributed by atoms with Gasteiger partial charge in [-0.1, -0.05) is 11.8 Å². The van der Waals surface area contributed by atoms with E-state index in [2.05, 4.69) is 24.9 Å². The number of aliphatic carboxylic acids is 1. The molecule has 2 aromatic heterocycles. The summed E-state index contributed by atoms with van der Waals surface area (Å²) < 4.78 is 1.98. The summed E-state index contributed by atoms with van der Waals surface area (Å²) in [7, 11) is 0. The maximum atomic E-state index is 10.6. The second kappa shape index (κ2) is 5.58. The van der Waals surface area contributed by atoms with Gasteiger partial charge < -0.3 is 9.67 Å². The van der Waals surface area contributed by atoms with E-state index in [4.69, 9.17) is 5.11 Å². The summed E-state index contributed by atoms with van der Waals surface area (Å²) >= 11 is 3.02. The minimum atomic E-state index is -0.822. The molecule has 0 aliphatic rings. The van der Waals surface area contributed by atoms with Gasteiger partial charge in [-0.3, -0.25) is 4.79 Å². The Labute approximate surface area is 114 Å². The SMILES string of the molecule is Cc1cc(Cn2ccnc2SCC(=O)O)sc1C. The van der Waals surface area contributed by atoms with Gasteiger partial charge in [0.1, 0.15) is 0 Å². The smallest absolute Gasteiger partial charge is 0.313 e. The predicted octanol–water partition coefficient (Wildman–Crippen LogP) is 2.79. The van der Waals surface area contributed by atoms with E-state index in [1.165, 1.54) is 27.1 Å². The third-order valence-electron chi connectivity index (χ3n) is 2.55. The van der Waals surface area contributed by atoms with Crippen molar-refractivity contribution < 1.29 is 9.90 Å². The summed E-state index contributed by atoms with van der Waals surface area (Å²) in [5, 5.41) is 9.43. The first-order valence-electron chi connectivity index (χ1n) is 5.48. The quantitative estimate of drug-likeness (QED) is 0.857. The van der Waals surface area contributed by atoms with Gasteiger partial charge in [0.25, 0.3) is 0 Å². The van der Waals surface area contributed by atoms with Gasteiger partial charge in [0.15, 0.2) is 5.16 Å². The van der Waals surface area contributed by atoms with Gasteiger partial charge in [0.05, 0.1) is 12.3 Å². The lowest BCUT2D eigenvalue weighted by Gasteiger charge is -2.04. The van der Waals surface area contributed by atoms with Crippen molar-refractivity contribution in [2.75, 3.05) is 5.75 Å². The van der Waals surface area contributed by atoms with E-state index < -0.39 is 5.97 Å². The zero-order chi connectivity index (χ0) is 13.1. The highest BCUT2D eigenvalue weighted by molar-refractivity contribution is 7.99. The molecule has 2 aromatic rings. The van der Waals surface area contributed by atoms with Crippen molar-refractivity contribution in [2.24, 2.45) is 0 Å². The number of imidazole rings is 1. The van der Waals surface area contributed by atoms with Gasteiger partial charge in [-0.2, -0.15) is 0 Å². The fourth-order valence-electron chi connectivity index (χ4n) is 1.58. The van der Waals surface area contributed by atoms with Gasteiger partial charge >= 0.3 is 5.97 Å². The topological polar surface area (TPSA) is 55.1 Å². The number of rotatable bonds is 5. The number of hydrogen-bond donors (Lipinski definition) is 1. The second-order valence-electron chi connectivity index (χ2n) is 3.97. The van der Waals surface area contributed by atoms with Crippen LogP contribution >= 0.6 is 23.1 Å². The molecular weight excluding hydrogens is 268 g/mol. The maximum absolute atomic E-state index is 10.6. The first-order valence-corrected chi connectivity index (χ1v) is 7.28. The number of carbonyl (C=O) groups is 1. The summed E-state index contributed by atoms with van der Waals surface area (Å²) in [6.45, 7) is 4.96. The van der Waals surface area contributed by atoms with Crippen LogP contribution in [0.2, 0.25) is 0 Å². The lowest BCUT2D eigenvalue weighted by Crippen LogP contribution is -2.02. The van der Waals surface area contributed by atoms with E-state index >= 15 is 0 Å². The van der Waals surface area contributed by atoms with Gasteiger partial charge in [-0.25, -0.2) is 4.98 Å². The summed E-state index contributed by atoms with van der Waals surface area (Å²) in [5.41, 5.74) is 1.30. The van der Waals surface area contributed by atoms with Crippen LogP contribution in [0.5, 0.6) is 0 Å². The highest BCUT2D eigenvalue weighted by Crippen LogP contribution is 2.23. The van der Waals surface area contributed by atoms with E-state index in [-0.39, 0.29) is 5.75 Å². The van der Waals surface area contributed by atoms with Crippen molar-refractivity contribution in [3.8, 4) is 0 Å². The zero-order valence-corrected chi connectivity index (χ0v) is 11.8. The molecule has 2 rings (SSSR count). The molecule has 0 radical (unpaired) electrons. The summed E-state index contributed by atoms with van der Waals surface area (Å²) in [5.74, 6) is -0.781. The van der Waals surface area contributed by atoms with E-state index in [1.807, 2.05) is 10.8 Å². The molecule has 0 saturated heterocycles. The van der Waals surface area contributed by atoms with Crippen molar-refractivity contribution >= 4 is 29.1 Å². The molecule has 1 N–H and O–H groups in total. The number of thioether (sulfide) groups is 1. The molecule has 0 aliphatic carbocycles. The standard InChI is InChI=1S/C12H14N2O2S2/c1-8-5-10(18-9(8)2)6-14-4-3-13-12(14)17-7-11(15)16/h3-5H,6-7H2,1-2H3,(H,15,16). The number of aryl methyl sites for hydroxylation is 2. The number of thiophene rings is 1. The Morgan fingerprint density at radius 2 is 2.33 bits per heavy atom. The molecular formula is C12H14N2O2S2. The Morgan fingerprint density at radius 1 is 1.56 bits per heavy atom. The molecule has 0 fully saturated rings. The van der Waals surface area contributed by atoms with Crippen LogP contribution < -0.4 is 0 Å². The molecule has 6 heteroatoms. The third kappa shape index (κ3) is 3.14. The fourth-order valence-corrected chi connectivity index (χ4v) is 3.31. The zero-order valence-electron chi connectivity index (χ0n) is 10.2. The average molecular weight is 282 g/mol. The van der Waals surface area contributed by atoms with Gasteiger partial charge in [0, 0.05) is 22.1 Å². The molecule has 0 spiro atoms. The summed E-state index contributed by atoms with van der Waals surface area (Å²) in [6.07, 6.45) is 3.59. The van der Waals surface area contributed by atoms with Crippen LogP contribution in [0.25, 0.3) is 0 Å². The van der Waals surface area contributed by atoms with Crippen molar-refractivity contribution in [1.82, 2.24) is 9.55 Å². The Morgan fingerprint density at radius 3 is 2.94 bits per heavy atom. The molecule has 0 bridgehead atoms. The van der Waals surface area contributed by atoms with Crippen molar-refractivity contribution in [1.29, 1.82) is 0 Å². The van der Waals surface area contributed by atoms with E-state index in [0.29, 0.717) is 0 Å². The largest absolute Gasteiger partial charge is 0.481 e. The van der Waals surface area contributed by atoms with Crippen molar-refractivity contribution in [3.05, 3.63) is 33.8 Å². The number of carboxylic acid groups (broad SMARTS) is 1. The first-order chi connectivity index (χ1) is 8.56. The highest BCUT2D eigenvalue weighted by Gasteiger charge is 2.08. The average Bonchev–Trinajstić information content (AvgIpc) is 2.85. The van der Waals surface area contributed by atoms with Crippen LogP contribution in [0.3, 0.4) is 0 Å². The number of aromatic nitrogens is 2. The monoisotopic (exact) mass is 282 g/mol. The Bertz CT molecular complexity index is 541. The minimum absolute atomic E-state index is 0.0412. The molecule has 0 unspecified atom stereocenters. The summed E-state index contributed by atoms with van der Waals surface area (Å²) in [4.78, 5) is 17.3. The molecule has 0 atom stereocenters. The molecule has 18 heavy (non-hydrogen) atoms. The van der Waals surface area contributed by atoms with Gasteiger partial charge in [-0.15, -0.1) is 11.3 Å². The molecule has 2 heterocycles. The lowest BCUT2D eigenvalue weighted by atomic mass is 10.3. The van der Waals surface area contributed by atoms with Crippen LogP contribution in [-0.2, 0) is 11.3 Å². The lowest BCUT2D eigenvalue weighted by molar-refractivity contribution is -0.133. The van der Waals surface area contributed by atoms with Crippen molar-refractivity contribution in [2.45, 2.75) is 25.5 Å². The van der Waals surface area contributed by atoms with E-state index in [0.717, 1.165) is 11.7 Å². The van der Waals surface area contributed by atoms with Crippen LogP contribution in [0, 0.1) is 13.8 Å². The minimum Gasteiger partial charge on any atom is -0.481 e. The van der Waals surface area contributed by atoms with E-state index in [1.54, 1.807) is 17.5 Å². The number of hydrogen-bond acceptors (Lipinski definition) is 4. The van der Waals surface area contributed by atoms with Crippen molar-refractivity contribution in [3.63, 3.8) is 0 Å². The molecule has 0 amide bonds. The highest BCUT2D eigenvalue weighted by atomic mass is 32.2. The maximum Gasteiger partial charge on any atom is 0.313 e. The van der Waals surface area contributed by atoms with Crippen LogP contribution in [0.4, 0.5) is 0 Å². The predicted molar refractivity (Wildman–Crippen MR) is 73.5 cm³/mol. The first kappa shape index (κ1) is 13.2. The third-order valence-corrected chi connectivity index (χ3v) is 4.67. The number of carboxylic acids is 1. The Kier molecular flexibility index (Phi) is 4.08.